The van der Waals surface area contributed by atoms with Crippen LogP contribution < -0.4 is 19.5 Å². The first-order valence-electron chi connectivity index (χ1n) is 8.31. The Bertz CT molecular complexity index is 740. The summed E-state index contributed by atoms with van der Waals surface area (Å²) < 4.78 is 16.6. The summed E-state index contributed by atoms with van der Waals surface area (Å²) in [6.07, 6.45) is 0.707. The zero-order valence-corrected chi connectivity index (χ0v) is 14.7. The summed E-state index contributed by atoms with van der Waals surface area (Å²) in [7, 11) is 1.61. The van der Waals surface area contributed by atoms with Gasteiger partial charge in [0.2, 0.25) is 0 Å². The minimum absolute atomic E-state index is 0.0354. The lowest BCUT2D eigenvalue weighted by atomic mass is 9.90. The summed E-state index contributed by atoms with van der Waals surface area (Å²) in [5, 5.41) is 3.05. The molecule has 0 radical (unpaired) electrons. The van der Waals surface area contributed by atoms with Crippen LogP contribution in [0.25, 0.3) is 0 Å². The third-order valence-corrected chi connectivity index (χ3v) is 4.14. The Morgan fingerprint density at radius 3 is 2.56 bits per heavy atom. The molecule has 25 heavy (non-hydrogen) atoms. The van der Waals surface area contributed by atoms with Crippen molar-refractivity contribution in [2.24, 2.45) is 0 Å². The predicted molar refractivity (Wildman–Crippen MR) is 95.1 cm³/mol. The van der Waals surface area contributed by atoms with E-state index in [0.717, 1.165) is 17.1 Å². The van der Waals surface area contributed by atoms with Gasteiger partial charge in [-0.25, -0.2) is 0 Å². The maximum Gasteiger partial charge on any atom is 0.258 e. The summed E-state index contributed by atoms with van der Waals surface area (Å²) in [6.45, 7) is 4.01. The molecule has 1 aliphatic heterocycles. The van der Waals surface area contributed by atoms with Crippen LogP contribution in [0, 0.1) is 0 Å². The van der Waals surface area contributed by atoms with E-state index in [1.165, 1.54) is 0 Å². The zero-order chi connectivity index (χ0) is 17.9. The molecule has 1 N–H and O–H groups in total. The van der Waals surface area contributed by atoms with E-state index in [4.69, 9.17) is 14.2 Å². The molecular formula is C20H23NO4. The molecule has 1 aliphatic rings. The maximum atomic E-state index is 12.3. The molecule has 0 bridgehead atoms. The Balaban J connectivity index is 1.62. The van der Waals surface area contributed by atoms with Gasteiger partial charge in [0.1, 0.15) is 22.8 Å². The van der Waals surface area contributed by atoms with Crippen LogP contribution in [0.4, 0.5) is 0 Å². The molecule has 2 aromatic carbocycles. The van der Waals surface area contributed by atoms with E-state index in [-0.39, 0.29) is 24.2 Å². The van der Waals surface area contributed by atoms with Crippen molar-refractivity contribution < 1.29 is 19.0 Å². The van der Waals surface area contributed by atoms with Crippen LogP contribution in [0.2, 0.25) is 0 Å². The molecule has 0 saturated heterocycles. The Hall–Kier alpha value is -2.69. The van der Waals surface area contributed by atoms with Crippen LogP contribution in [0.1, 0.15) is 31.9 Å². The van der Waals surface area contributed by atoms with E-state index in [9.17, 15) is 4.79 Å². The van der Waals surface area contributed by atoms with E-state index in [0.29, 0.717) is 12.2 Å². The molecule has 0 unspecified atom stereocenters. The number of hydrogen-bond donors (Lipinski definition) is 1. The number of carbonyl (C=O) groups is 1. The summed E-state index contributed by atoms with van der Waals surface area (Å²) in [5.41, 5.74) is 0.669. The molecule has 1 atom stereocenters. The van der Waals surface area contributed by atoms with Gasteiger partial charge in [0.05, 0.1) is 13.2 Å². The van der Waals surface area contributed by atoms with Gasteiger partial charge in [0, 0.05) is 12.0 Å². The van der Waals surface area contributed by atoms with Crippen molar-refractivity contribution in [1.82, 2.24) is 5.32 Å². The number of methoxy groups -OCH3 is 1. The lowest BCUT2D eigenvalue weighted by molar-refractivity contribution is -0.124. The molecule has 0 saturated carbocycles. The van der Waals surface area contributed by atoms with Crippen molar-refractivity contribution in [3.8, 4) is 17.2 Å². The van der Waals surface area contributed by atoms with Crippen LogP contribution in [0.5, 0.6) is 17.2 Å². The Morgan fingerprint density at radius 2 is 1.84 bits per heavy atom. The highest BCUT2D eigenvalue weighted by Gasteiger charge is 2.34. The average Bonchev–Trinajstić information content (AvgIpc) is 2.59. The van der Waals surface area contributed by atoms with E-state index in [1.807, 2.05) is 38.1 Å². The number of amides is 1. The summed E-state index contributed by atoms with van der Waals surface area (Å²) >= 11 is 0. The molecular weight excluding hydrogens is 318 g/mol. The molecule has 3 rings (SSSR count). The van der Waals surface area contributed by atoms with Gasteiger partial charge in [0.25, 0.3) is 5.91 Å². The largest absolute Gasteiger partial charge is 0.497 e. The third kappa shape index (κ3) is 4.24. The fourth-order valence-electron chi connectivity index (χ4n) is 2.99. The second-order valence-electron chi connectivity index (χ2n) is 6.69. The standard InChI is InChI=1S/C20H23NO4/c1-20(2)12-17(16-6-4-5-7-18(16)25-20)21-19(22)13-24-15-10-8-14(23-3)9-11-15/h4-11,17H,12-13H2,1-3H3,(H,21,22)/t17-/m1/s1. The number of hydrogen-bond acceptors (Lipinski definition) is 4. The monoisotopic (exact) mass is 341 g/mol. The molecule has 5 nitrogen and oxygen atoms in total. The number of benzene rings is 2. The van der Waals surface area contributed by atoms with E-state index in [2.05, 4.69) is 5.32 Å². The SMILES string of the molecule is COc1ccc(OCC(=O)N[C@@H]2CC(C)(C)Oc3ccccc32)cc1. The van der Waals surface area contributed by atoms with E-state index in [1.54, 1.807) is 31.4 Å². The first kappa shape index (κ1) is 17.1. The Labute approximate surface area is 147 Å². The minimum Gasteiger partial charge on any atom is -0.497 e. The van der Waals surface area contributed by atoms with Crippen molar-refractivity contribution in [2.45, 2.75) is 31.9 Å². The second-order valence-corrected chi connectivity index (χ2v) is 6.69. The van der Waals surface area contributed by atoms with Gasteiger partial charge in [-0.2, -0.15) is 0 Å². The van der Waals surface area contributed by atoms with Crippen molar-refractivity contribution in [3.05, 3.63) is 54.1 Å². The molecule has 0 aliphatic carbocycles. The number of rotatable bonds is 5. The Kier molecular flexibility index (Phi) is 4.83. The van der Waals surface area contributed by atoms with E-state index < -0.39 is 0 Å². The average molecular weight is 341 g/mol. The summed E-state index contributed by atoms with van der Waals surface area (Å²) in [6, 6.07) is 14.9. The van der Waals surface area contributed by atoms with Crippen LogP contribution in [0.3, 0.4) is 0 Å². The van der Waals surface area contributed by atoms with Crippen LogP contribution >= 0.6 is 0 Å². The highest BCUT2D eigenvalue weighted by molar-refractivity contribution is 5.78. The van der Waals surface area contributed by atoms with Crippen molar-refractivity contribution in [2.75, 3.05) is 13.7 Å². The molecule has 132 valence electrons. The normalized spacial score (nSPS) is 17.8. The smallest absolute Gasteiger partial charge is 0.258 e. The third-order valence-electron chi connectivity index (χ3n) is 4.14. The second kappa shape index (κ2) is 7.05. The van der Waals surface area contributed by atoms with Crippen molar-refractivity contribution in [3.63, 3.8) is 0 Å². The highest BCUT2D eigenvalue weighted by Crippen LogP contribution is 2.39. The van der Waals surface area contributed by atoms with Gasteiger partial charge in [-0.3, -0.25) is 4.79 Å². The number of ether oxygens (including phenoxy) is 3. The maximum absolute atomic E-state index is 12.3. The molecule has 1 heterocycles. The molecule has 0 fully saturated rings. The topological polar surface area (TPSA) is 56.8 Å². The van der Waals surface area contributed by atoms with E-state index >= 15 is 0 Å². The number of carbonyl (C=O) groups excluding carboxylic acids is 1. The van der Waals surface area contributed by atoms with Gasteiger partial charge in [-0.1, -0.05) is 18.2 Å². The quantitative estimate of drug-likeness (QED) is 0.904. The lowest BCUT2D eigenvalue weighted by Crippen LogP contribution is -2.42. The van der Waals surface area contributed by atoms with Gasteiger partial charge in [-0.15, -0.1) is 0 Å². The van der Waals surface area contributed by atoms with Crippen molar-refractivity contribution >= 4 is 5.91 Å². The van der Waals surface area contributed by atoms with Crippen LogP contribution in [0.15, 0.2) is 48.5 Å². The van der Waals surface area contributed by atoms with Gasteiger partial charge < -0.3 is 19.5 Å². The highest BCUT2D eigenvalue weighted by atomic mass is 16.5. The molecule has 1 amide bonds. The molecule has 5 heteroatoms. The Morgan fingerprint density at radius 1 is 1.16 bits per heavy atom. The lowest BCUT2D eigenvalue weighted by Gasteiger charge is -2.37. The first-order valence-corrected chi connectivity index (χ1v) is 8.31. The van der Waals surface area contributed by atoms with Crippen LogP contribution in [-0.4, -0.2) is 25.2 Å². The number of nitrogens with one attached hydrogen (secondary N) is 1. The summed E-state index contributed by atoms with van der Waals surface area (Å²) in [5.74, 6) is 2.04. The van der Waals surface area contributed by atoms with Gasteiger partial charge in [-0.05, 0) is 44.2 Å². The van der Waals surface area contributed by atoms with Gasteiger partial charge >= 0.3 is 0 Å². The summed E-state index contributed by atoms with van der Waals surface area (Å²) in [4.78, 5) is 12.3. The predicted octanol–water partition coefficient (Wildman–Crippen LogP) is 3.49. The molecule has 0 spiro atoms. The molecule has 2 aromatic rings. The first-order chi connectivity index (χ1) is 12.0. The van der Waals surface area contributed by atoms with Crippen molar-refractivity contribution in [1.29, 1.82) is 0 Å². The number of para-hydroxylation sites is 1. The minimum atomic E-state index is -0.330. The van der Waals surface area contributed by atoms with Crippen LogP contribution in [-0.2, 0) is 4.79 Å². The number of fused-ring (bicyclic) bond motifs is 1. The van der Waals surface area contributed by atoms with Gasteiger partial charge in [0.15, 0.2) is 6.61 Å². The fourth-order valence-corrected chi connectivity index (χ4v) is 2.99. The zero-order valence-electron chi connectivity index (χ0n) is 14.7. The molecule has 0 aromatic heterocycles. The fraction of sp³-hybridized carbons (Fsp3) is 0.350.